The lowest BCUT2D eigenvalue weighted by molar-refractivity contribution is 0.0602. The van der Waals surface area contributed by atoms with Crippen molar-refractivity contribution in [2.75, 3.05) is 12.4 Å². The van der Waals surface area contributed by atoms with Crippen molar-refractivity contribution in [1.82, 2.24) is 4.98 Å². The molecule has 3 rings (SSSR count). The predicted octanol–water partition coefficient (Wildman–Crippen LogP) is 5.88. The standard InChI is InChI=1S/C20H13Cl2N3O2S/c1-27-20(26)14-4-2-3-5-17(14)24-10-13(9-23)19-25-18(11-28-19)12-6-7-15(21)16(22)8-12/h2-8,10-11,24H,1H3. The van der Waals surface area contributed by atoms with E-state index < -0.39 is 5.97 Å². The summed E-state index contributed by atoms with van der Waals surface area (Å²) < 4.78 is 4.77. The maximum Gasteiger partial charge on any atom is 0.339 e. The van der Waals surface area contributed by atoms with Gasteiger partial charge in [-0.2, -0.15) is 5.26 Å². The normalized spacial score (nSPS) is 11.0. The molecule has 0 aliphatic rings. The van der Waals surface area contributed by atoms with E-state index in [0.29, 0.717) is 37.6 Å². The highest BCUT2D eigenvalue weighted by molar-refractivity contribution is 7.11. The Bertz CT molecular complexity index is 1100. The highest BCUT2D eigenvalue weighted by atomic mass is 35.5. The Balaban J connectivity index is 1.87. The first-order valence-corrected chi connectivity index (χ1v) is 9.62. The van der Waals surface area contributed by atoms with E-state index in [9.17, 15) is 10.1 Å². The van der Waals surface area contributed by atoms with Gasteiger partial charge in [0.05, 0.1) is 34.1 Å². The molecule has 5 nitrogen and oxygen atoms in total. The van der Waals surface area contributed by atoms with Gasteiger partial charge in [0.2, 0.25) is 0 Å². The Morgan fingerprint density at radius 3 is 2.75 bits per heavy atom. The summed E-state index contributed by atoms with van der Waals surface area (Å²) in [7, 11) is 1.32. The summed E-state index contributed by atoms with van der Waals surface area (Å²) in [6, 6.07) is 14.2. The number of ether oxygens (including phenoxy) is 1. The molecular formula is C20H13Cl2N3O2S. The fourth-order valence-corrected chi connectivity index (χ4v) is 3.47. The third-order valence-corrected chi connectivity index (χ3v) is 5.39. The lowest BCUT2D eigenvalue weighted by atomic mass is 10.1. The second-order valence-corrected chi connectivity index (χ2v) is 7.19. The number of anilines is 1. The average Bonchev–Trinajstić information content (AvgIpc) is 3.20. The Morgan fingerprint density at radius 2 is 2.04 bits per heavy atom. The number of halogens is 2. The second-order valence-electron chi connectivity index (χ2n) is 5.52. The number of para-hydroxylation sites is 1. The van der Waals surface area contributed by atoms with Crippen molar-refractivity contribution < 1.29 is 9.53 Å². The van der Waals surface area contributed by atoms with Gasteiger partial charge in [0.15, 0.2) is 0 Å². The average molecular weight is 430 g/mol. The minimum atomic E-state index is -0.467. The smallest absolute Gasteiger partial charge is 0.339 e. The molecular weight excluding hydrogens is 417 g/mol. The number of hydrogen-bond acceptors (Lipinski definition) is 6. The highest BCUT2D eigenvalue weighted by Gasteiger charge is 2.12. The van der Waals surface area contributed by atoms with Crippen LogP contribution in [0.25, 0.3) is 16.8 Å². The molecule has 0 radical (unpaired) electrons. The molecule has 1 N–H and O–H groups in total. The molecule has 0 spiro atoms. The first-order valence-electron chi connectivity index (χ1n) is 7.99. The molecule has 1 heterocycles. The Hall–Kier alpha value is -2.85. The van der Waals surface area contributed by atoms with Crippen LogP contribution in [0, 0.1) is 11.3 Å². The van der Waals surface area contributed by atoms with Crippen molar-refractivity contribution in [2.45, 2.75) is 0 Å². The molecule has 0 atom stereocenters. The van der Waals surface area contributed by atoms with Crippen LogP contribution in [0.5, 0.6) is 0 Å². The van der Waals surface area contributed by atoms with Crippen LogP contribution in [0.4, 0.5) is 5.69 Å². The van der Waals surface area contributed by atoms with E-state index in [2.05, 4.69) is 16.4 Å². The lowest BCUT2D eigenvalue weighted by Gasteiger charge is -2.07. The fraction of sp³-hybridized carbons (Fsp3) is 0.0500. The monoisotopic (exact) mass is 429 g/mol. The van der Waals surface area contributed by atoms with Crippen molar-refractivity contribution in [3.05, 3.63) is 74.7 Å². The molecule has 1 aromatic heterocycles. The van der Waals surface area contributed by atoms with Crippen LogP contribution in [0.1, 0.15) is 15.4 Å². The van der Waals surface area contributed by atoms with E-state index in [-0.39, 0.29) is 0 Å². The number of thiazole rings is 1. The van der Waals surface area contributed by atoms with Crippen LogP contribution in [0.3, 0.4) is 0 Å². The Morgan fingerprint density at radius 1 is 1.25 bits per heavy atom. The van der Waals surface area contributed by atoms with E-state index in [4.69, 9.17) is 27.9 Å². The molecule has 0 saturated heterocycles. The van der Waals surface area contributed by atoms with Gasteiger partial charge in [-0.05, 0) is 24.3 Å². The van der Waals surface area contributed by atoms with Gasteiger partial charge in [-0.1, -0.05) is 41.4 Å². The van der Waals surface area contributed by atoms with Crippen LogP contribution in [-0.2, 0) is 4.74 Å². The molecule has 0 saturated carbocycles. The summed E-state index contributed by atoms with van der Waals surface area (Å²) in [6.45, 7) is 0. The van der Waals surface area contributed by atoms with Gasteiger partial charge < -0.3 is 10.1 Å². The zero-order chi connectivity index (χ0) is 20.1. The predicted molar refractivity (Wildman–Crippen MR) is 113 cm³/mol. The molecule has 3 aromatic rings. The zero-order valence-corrected chi connectivity index (χ0v) is 16.9. The van der Waals surface area contributed by atoms with Gasteiger partial charge in [0.25, 0.3) is 0 Å². The number of hydrogen-bond donors (Lipinski definition) is 1. The van der Waals surface area contributed by atoms with Crippen LogP contribution < -0.4 is 5.32 Å². The topological polar surface area (TPSA) is 75.0 Å². The van der Waals surface area contributed by atoms with Crippen LogP contribution in [0.2, 0.25) is 10.0 Å². The maximum atomic E-state index is 11.9. The van der Waals surface area contributed by atoms with E-state index in [1.807, 2.05) is 11.4 Å². The third-order valence-electron chi connectivity index (χ3n) is 3.77. The molecule has 0 unspecified atom stereocenters. The maximum absolute atomic E-state index is 11.9. The summed E-state index contributed by atoms with van der Waals surface area (Å²) in [5, 5.41) is 15.8. The summed E-state index contributed by atoms with van der Waals surface area (Å²) in [5.74, 6) is -0.467. The van der Waals surface area contributed by atoms with Crippen molar-refractivity contribution in [2.24, 2.45) is 0 Å². The van der Waals surface area contributed by atoms with Crippen LogP contribution in [-0.4, -0.2) is 18.1 Å². The van der Waals surface area contributed by atoms with Gasteiger partial charge in [-0.25, -0.2) is 9.78 Å². The lowest BCUT2D eigenvalue weighted by Crippen LogP contribution is -2.05. The van der Waals surface area contributed by atoms with Crippen LogP contribution >= 0.6 is 34.5 Å². The number of carbonyl (C=O) groups is 1. The van der Waals surface area contributed by atoms with Gasteiger partial charge in [0, 0.05) is 17.1 Å². The summed E-state index contributed by atoms with van der Waals surface area (Å²) >= 11 is 13.3. The first-order chi connectivity index (χ1) is 13.5. The van der Waals surface area contributed by atoms with Gasteiger partial charge in [-0.3, -0.25) is 0 Å². The summed E-state index contributed by atoms with van der Waals surface area (Å²) in [5.41, 5.74) is 2.72. The largest absolute Gasteiger partial charge is 0.465 e. The molecule has 2 aromatic carbocycles. The SMILES string of the molecule is COC(=O)c1ccccc1NC=C(C#N)c1nc(-c2ccc(Cl)c(Cl)c2)cs1. The number of aromatic nitrogens is 1. The number of rotatable bonds is 5. The van der Waals surface area contributed by atoms with Gasteiger partial charge in [-0.15, -0.1) is 11.3 Å². The highest BCUT2D eigenvalue weighted by Crippen LogP contribution is 2.31. The number of nitriles is 1. The molecule has 0 fully saturated rings. The van der Waals surface area contributed by atoms with E-state index in [1.165, 1.54) is 24.6 Å². The number of allylic oxidation sites excluding steroid dienone is 1. The molecule has 0 amide bonds. The number of nitrogens with one attached hydrogen (secondary N) is 1. The molecule has 0 aliphatic carbocycles. The van der Waals surface area contributed by atoms with E-state index in [0.717, 1.165) is 5.56 Å². The third kappa shape index (κ3) is 4.34. The molecule has 0 bridgehead atoms. The first kappa shape index (κ1) is 19.9. The van der Waals surface area contributed by atoms with Crippen molar-refractivity contribution in [3.63, 3.8) is 0 Å². The summed E-state index contributed by atoms with van der Waals surface area (Å²) in [6.07, 6.45) is 1.51. The molecule has 0 aliphatic heterocycles. The van der Waals surface area contributed by atoms with Crippen molar-refractivity contribution in [1.29, 1.82) is 5.26 Å². The van der Waals surface area contributed by atoms with E-state index >= 15 is 0 Å². The second kappa shape index (κ2) is 8.89. The van der Waals surface area contributed by atoms with Gasteiger partial charge >= 0.3 is 5.97 Å². The number of benzene rings is 2. The van der Waals surface area contributed by atoms with Crippen molar-refractivity contribution >= 4 is 51.8 Å². The minimum Gasteiger partial charge on any atom is -0.465 e. The van der Waals surface area contributed by atoms with Gasteiger partial charge in [0.1, 0.15) is 16.6 Å². The number of nitrogens with zero attached hydrogens (tertiary/aromatic N) is 2. The molecule has 28 heavy (non-hydrogen) atoms. The van der Waals surface area contributed by atoms with Crippen molar-refractivity contribution in [3.8, 4) is 17.3 Å². The summed E-state index contributed by atoms with van der Waals surface area (Å²) in [4.78, 5) is 16.4. The quantitative estimate of drug-likeness (QED) is 0.404. The Labute approximate surface area is 175 Å². The molecule has 8 heteroatoms. The fourth-order valence-electron chi connectivity index (χ4n) is 2.37. The molecule has 140 valence electrons. The minimum absolute atomic E-state index is 0.330. The Kier molecular flexibility index (Phi) is 6.32. The number of carbonyl (C=O) groups excluding carboxylic acids is 1. The number of esters is 1. The van der Waals surface area contributed by atoms with Crippen LogP contribution in [0.15, 0.2) is 54.0 Å². The zero-order valence-electron chi connectivity index (χ0n) is 14.6. The van der Waals surface area contributed by atoms with E-state index in [1.54, 1.807) is 36.4 Å². The number of methoxy groups -OCH3 is 1.